The summed E-state index contributed by atoms with van der Waals surface area (Å²) in [5, 5.41) is 10.9. The summed E-state index contributed by atoms with van der Waals surface area (Å²) in [7, 11) is 3.93. The van der Waals surface area contributed by atoms with Crippen LogP contribution in [0.25, 0.3) is 0 Å². The number of anilines is 1. The first kappa shape index (κ1) is 11.8. The predicted octanol–water partition coefficient (Wildman–Crippen LogP) is 0.851. The van der Waals surface area contributed by atoms with Gasteiger partial charge < -0.3 is 16.0 Å². The Kier molecular flexibility index (Phi) is 4.15. The molecule has 0 saturated carbocycles. The summed E-state index contributed by atoms with van der Waals surface area (Å²) in [6.45, 7) is 2.09. The Morgan fingerprint density at radius 3 is 3.00 bits per heavy atom. The van der Waals surface area contributed by atoms with Crippen molar-refractivity contribution in [1.82, 2.24) is 15.6 Å². The molecule has 0 aromatic carbocycles. The van der Waals surface area contributed by atoms with E-state index in [0.717, 1.165) is 31.1 Å². The molecule has 3 N–H and O–H groups in total. The second-order valence-corrected chi connectivity index (χ2v) is 5.22. The highest BCUT2D eigenvalue weighted by atomic mass is 32.1. The van der Waals surface area contributed by atoms with Crippen molar-refractivity contribution in [3.8, 4) is 0 Å². The van der Waals surface area contributed by atoms with Gasteiger partial charge >= 0.3 is 0 Å². The van der Waals surface area contributed by atoms with Crippen molar-refractivity contribution < 1.29 is 0 Å². The molecule has 90 valence electrons. The largest absolute Gasteiger partial charge is 0.365 e. The number of nitrogens with one attached hydrogen (secondary N) is 3. The summed E-state index contributed by atoms with van der Waals surface area (Å²) in [6, 6.07) is 0.631. The molecule has 1 atom stereocenters. The van der Waals surface area contributed by atoms with Crippen LogP contribution in [0, 0.1) is 0 Å². The molecule has 1 aliphatic carbocycles. The third-order valence-corrected chi connectivity index (χ3v) is 4.10. The number of hydrogen-bond acceptors (Lipinski definition) is 5. The molecule has 0 amide bonds. The van der Waals surface area contributed by atoms with Crippen molar-refractivity contribution in [2.75, 3.05) is 32.5 Å². The molecule has 0 fully saturated rings. The molecule has 1 aliphatic rings. The van der Waals surface area contributed by atoms with Crippen molar-refractivity contribution in [1.29, 1.82) is 0 Å². The van der Waals surface area contributed by atoms with E-state index >= 15 is 0 Å². The molecular weight excluding hydrogens is 220 g/mol. The molecule has 0 spiro atoms. The van der Waals surface area contributed by atoms with Gasteiger partial charge in [-0.2, -0.15) is 0 Å². The smallest absolute Gasteiger partial charge is 0.182 e. The van der Waals surface area contributed by atoms with Gasteiger partial charge in [-0.1, -0.05) is 0 Å². The van der Waals surface area contributed by atoms with Crippen molar-refractivity contribution in [3.05, 3.63) is 10.6 Å². The Morgan fingerprint density at radius 2 is 2.25 bits per heavy atom. The van der Waals surface area contributed by atoms with Gasteiger partial charge in [0, 0.05) is 31.1 Å². The van der Waals surface area contributed by atoms with Crippen LogP contribution in [0.15, 0.2) is 0 Å². The first-order chi connectivity index (χ1) is 7.83. The van der Waals surface area contributed by atoms with Crippen LogP contribution < -0.4 is 16.0 Å². The lowest BCUT2D eigenvalue weighted by Gasteiger charge is -2.22. The lowest BCUT2D eigenvalue weighted by atomic mass is 9.98. The minimum atomic E-state index is 0.631. The fraction of sp³-hybridized carbons (Fsp3) is 0.727. The second-order valence-electron chi connectivity index (χ2n) is 4.14. The maximum Gasteiger partial charge on any atom is 0.182 e. The third-order valence-electron chi connectivity index (χ3n) is 2.96. The molecule has 1 aromatic heterocycles. The molecule has 0 radical (unpaired) electrons. The molecule has 0 aliphatic heterocycles. The standard InChI is InChI=1S/C11H20N4S/c1-12-5-6-14-8-3-4-9-10(7-8)16-11(13-2)15-9/h8,12,14H,3-7H2,1-2H3,(H,13,15). The van der Waals surface area contributed by atoms with Crippen molar-refractivity contribution in [2.24, 2.45) is 0 Å². The van der Waals surface area contributed by atoms with Crippen LogP contribution in [0.1, 0.15) is 17.0 Å². The van der Waals surface area contributed by atoms with Crippen LogP contribution in [-0.2, 0) is 12.8 Å². The van der Waals surface area contributed by atoms with Gasteiger partial charge in [-0.25, -0.2) is 4.98 Å². The summed E-state index contributed by atoms with van der Waals surface area (Å²) in [6.07, 6.45) is 3.47. The minimum absolute atomic E-state index is 0.631. The number of hydrogen-bond donors (Lipinski definition) is 3. The van der Waals surface area contributed by atoms with Gasteiger partial charge in [0.2, 0.25) is 0 Å². The average Bonchev–Trinajstić information content (AvgIpc) is 2.71. The molecular formula is C11H20N4S. The van der Waals surface area contributed by atoms with Gasteiger partial charge in [0.05, 0.1) is 5.69 Å². The molecule has 16 heavy (non-hydrogen) atoms. The molecule has 5 heteroatoms. The lowest BCUT2D eigenvalue weighted by molar-refractivity contribution is 0.458. The van der Waals surface area contributed by atoms with Crippen LogP contribution in [0.5, 0.6) is 0 Å². The molecule has 2 rings (SSSR count). The first-order valence-electron chi connectivity index (χ1n) is 5.87. The number of thiazole rings is 1. The zero-order valence-corrected chi connectivity index (χ0v) is 10.8. The number of aryl methyl sites for hydroxylation is 1. The van der Waals surface area contributed by atoms with Gasteiger partial charge in [-0.3, -0.25) is 0 Å². The van der Waals surface area contributed by atoms with Crippen molar-refractivity contribution in [3.63, 3.8) is 0 Å². The lowest BCUT2D eigenvalue weighted by Crippen LogP contribution is -2.37. The molecule has 0 bridgehead atoms. The summed E-state index contributed by atoms with van der Waals surface area (Å²) in [5.74, 6) is 0. The van der Waals surface area contributed by atoms with Gasteiger partial charge in [-0.05, 0) is 26.3 Å². The third kappa shape index (κ3) is 2.72. The Labute approximate surface area is 101 Å². The van der Waals surface area contributed by atoms with Crippen LogP contribution in [0.4, 0.5) is 5.13 Å². The number of rotatable bonds is 5. The van der Waals surface area contributed by atoms with Gasteiger partial charge in [0.25, 0.3) is 0 Å². The zero-order valence-electron chi connectivity index (χ0n) is 9.97. The van der Waals surface area contributed by atoms with E-state index in [0.29, 0.717) is 6.04 Å². The van der Waals surface area contributed by atoms with Crippen molar-refractivity contribution in [2.45, 2.75) is 25.3 Å². The van der Waals surface area contributed by atoms with Crippen LogP contribution in [-0.4, -0.2) is 38.2 Å². The number of likely N-dealkylation sites (N-methyl/N-ethyl adjacent to an activating group) is 1. The van der Waals surface area contributed by atoms with E-state index in [1.165, 1.54) is 17.0 Å². The monoisotopic (exact) mass is 240 g/mol. The van der Waals surface area contributed by atoms with E-state index in [1.807, 2.05) is 14.1 Å². The van der Waals surface area contributed by atoms with Gasteiger partial charge in [-0.15, -0.1) is 11.3 Å². The van der Waals surface area contributed by atoms with E-state index in [2.05, 4.69) is 20.9 Å². The van der Waals surface area contributed by atoms with Gasteiger partial charge in [0.1, 0.15) is 0 Å². The minimum Gasteiger partial charge on any atom is -0.365 e. The summed E-state index contributed by atoms with van der Waals surface area (Å²) < 4.78 is 0. The summed E-state index contributed by atoms with van der Waals surface area (Å²) in [5.41, 5.74) is 1.31. The molecule has 1 heterocycles. The Morgan fingerprint density at radius 1 is 1.38 bits per heavy atom. The molecule has 1 unspecified atom stereocenters. The number of fused-ring (bicyclic) bond motifs is 1. The predicted molar refractivity (Wildman–Crippen MR) is 69.4 cm³/mol. The second kappa shape index (κ2) is 5.61. The first-order valence-corrected chi connectivity index (χ1v) is 6.69. The normalized spacial score (nSPS) is 19.5. The molecule has 0 saturated heterocycles. The zero-order chi connectivity index (χ0) is 11.4. The maximum absolute atomic E-state index is 4.57. The maximum atomic E-state index is 4.57. The van der Waals surface area contributed by atoms with Crippen LogP contribution in [0.3, 0.4) is 0 Å². The van der Waals surface area contributed by atoms with E-state index in [4.69, 9.17) is 0 Å². The fourth-order valence-corrected chi connectivity index (χ4v) is 3.10. The van der Waals surface area contributed by atoms with E-state index in [9.17, 15) is 0 Å². The van der Waals surface area contributed by atoms with Crippen LogP contribution in [0.2, 0.25) is 0 Å². The molecule has 4 nitrogen and oxygen atoms in total. The van der Waals surface area contributed by atoms with Crippen LogP contribution >= 0.6 is 11.3 Å². The highest BCUT2D eigenvalue weighted by Gasteiger charge is 2.21. The topological polar surface area (TPSA) is 49.0 Å². The number of nitrogens with zero attached hydrogens (tertiary/aromatic N) is 1. The Bertz CT molecular complexity index is 337. The highest BCUT2D eigenvalue weighted by Crippen LogP contribution is 2.29. The van der Waals surface area contributed by atoms with Crippen molar-refractivity contribution >= 4 is 16.5 Å². The Balaban J connectivity index is 1.90. The van der Waals surface area contributed by atoms with E-state index in [1.54, 1.807) is 11.3 Å². The number of aromatic nitrogens is 1. The Hall–Kier alpha value is -0.650. The molecule has 1 aromatic rings. The highest BCUT2D eigenvalue weighted by molar-refractivity contribution is 7.15. The fourth-order valence-electron chi connectivity index (χ4n) is 2.06. The van der Waals surface area contributed by atoms with E-state index in [-0.39, 0.29) is 0 Å². The van der Waals surface area contributed by atoms with E-state index < -0.39 is 0 Å². The quantitative estimate of drug-likeness (QED) is 0.668. The van der Waals surface area contributed by atoms with Gasteiger partial charge in [0.15, 0.2) is 5.13 Å². The summed E-state index contributed by atoms with van der Waals surface area (Å²) >= 11 is 1.80. The SMILES string of the molecule is CNCCNC1CCc2nc(NC)sc2C1. The average molecular weight is 240 g/mol. The summed E-state index contributed by atoms with van der Waals surface area (Å²) in [4.78, 5) is 6.02.